The van der Waals surface area contributed by atoms with Crippen LogP contribution in [0.25, 0.3) is 0 Å². The van der Waals surface area contributed by atoms with Gasteiger partial charge in [-0.1, -0.05) is 11.6 Å². The first-order chi connectivity index (χ1) is 9.19. The van der Waals surface area contributed by atoms with Crippen molar-refractivity contribution < 1.29 is 9.53 Å². The van der Waals surface area contributed by atoms with E-state index in [1.165, 1.54) is 12.2 Å². The van der Waals surface area contributed by atoms with Crippen molar-refractivity contribution in [3.63, 3.8) is 0 Å². The first-order valence-corrected chi connectivity index (χ1v) is 7.93. The van der Waals surface area contributed by atoms with Gasteiger partial charge in [0.1, 0.15) is 5.75 Å². The molecular formula is C14H18ClNO2S. The molecule has 1 aliphatic heterocycles. The molecule has 0 spiro atoms. The van der Waals surface area contributed by atoms with Crippen molar-refractivity contribution in [1.29, 1.82) is 0 Å². The third-order valence-electron chi connectivity index (χ3n) is 3.16. The predicted molar refractivity (Wildman–Crippen MR) is 81.3 cm³/mol. The van der Waals surface area contributed by atoms with Crippen LogP contribution in [-0.2, 0) is 4.79 Å². The number of carbonyl (C=O) groups is 1. The number of hydrogen-bond acceptors (Lipinski definition) is 3. The maximum Gasteiger partial charge on any atom is 0.224 e. The highest BCUT2D eigenvalue weighted by molar-refractivity contribution is 7.99. The lowest BCUT2D eigenvalue weighted by Crippen LogP contribution is -2.20. The Kier molecular flexibility index (Phi) is 5.40. The zero-order chi connectivity index (χ0) is 13.7. The molecule has 0 aliphatic carbocycles. The largest absolute Gasteiger partial charge is 0.495 e. The molecule has 1 saturated heterocycles. The summed E-state index contributed by atoms with van der Waals surface area (Å²) < 4.78 is 5.21. The van der Waals surface area contributed by atoms with Crippen LogP contribution in [0.15, 0.2) is 18.2 Å². The maximum absolute atomic E-state index is 12.0. The van der Waals surface area contributed by atoms with Crippen molar-refractivity contribution in [3.8, 4) is 5.75 Å². The molecule has 2 rings (SSSR count). The number of benzene rings is 1. The molecule has 1 aliphatic rings. The van der Waals surface area contributed by atoms with Crippen LogP contribution in [0.3, 0.4) is 0 Å². The second-order valence-electron chi connectivity index (χ2n) is 4.68. The zero-order valence-corrected chi connectivity index (χ0v) is 12.5. The molecule has 1 fully saturated rings. The molecule has 3 nitrogen and oxygen atoms in total. The third kappa shape index (κ3) is 4.32. The van der Waals surface area contributed by atoms with Gasteiger partial charge in [-0.25, -0.2) is 0 Å². The van der Waals surface area contributed by atoms with Gasteiger partial charge < -0.3 is 10.1 Å². The standard InChI is InChI=1S/C14H18ClNO2S/c1-18-13-5-4-11(15)8-12(13)16-14(17)7-10-3-2-6-19-9-10/h4-5,8,10H,2-3,6-7,9H2,1H3,(H,16,17). The molecule has 19 heavy (non-hydrogen) atoms. The lowest BCUT2D eigenvalue weighted by Gasteiger charge is -2.20. The average molecular weight is 300 g/mol. The van der Waals surface area contributed by atoms with E-state index in [1.807, 2.05) is 11.8 Å². The number of rotatable bonds is 4. The van der Waals surface area contributed by atoms with Gasteiger partial charge in [0.15, 0.2) is 0 Å². The summed E-state index contributed by atoms with van der Waals surface area (Å²) >= 11 is 7.87. The number of halogens is 1. The fraction of sp³-hybridized carbons (Fsp3) is 0.500. The van der Waals surface area contributed by atoms with Gasteiger partial charge >= 0.3 is 0 Å². The quantitative estimate of drug-likeness (QED) is 0.918. The van der Waals surface area contributed by atoms with Gasteiger partial charge in [0.25, 0.3) is 0 Å². The Morgan fingerprint density at radius 1 is 1.58 bits per heavy atom. The summed E-state index contributed by atoms with van der Waals surface area (Å²) in [5, 5.41) is 3.48. The first kappa shape index (κ1) is 14.5. The van der Waals surface area contributed by atoms with E-state index in [0.29, 0.717) is 28.8 Å². The first-order valence-electron chi connectivity index (χ1n) is 6.40. The van der Waals surface area contributed by atoms with E-state index in [1.54, 1.807) is 25.3 Å². The zero-order valence-electron chi connectivity index (χ0n) is 10.9. The van der Waals surface area contributed by atoms with E-state index < -0.39 is 0 Å². The summed E-state index contributed by atoms with van der Waals surface area (Å²) in [5.74, 6) is 3.47. The summed E-state index contributed by atoms with van der Waals surface area (Å²) in [6, 6.07) is 5.22. The van der Waals surface area contributed by atoms with Crippen molar-refractivity contribution >= 4 is 35.0 Å². The lowest BCUT2D eigenvalue weighted by atomic mass is 10.0. The SMILES string of the molecule is COc1ccc(Cl)cc1NC(=O)CC1CCCSC1. The molecule has 1 unspecified atom stereocenters. The molecule has 0 bridgehead atoms. The Labute approximate surface area is 123 Å². The van der Waals surface area contributed by atoms with Crippen molar-refractivity contribution in [1.82, 2.24) is 0 Å². The van der Waals surface area contributed by atoms with E-state index >= 15 is 0 Å². The van der Waals surface area contributed by atoms with E-state index in [0.717, 1.165) is 12.2 Å². The summed E-state index contributed by atoms with van der Waals surface area (Å²) in [4.78, 5) is 12.0. The molecule has 1 heterocycles. The summed E-state index contributed by atoms with van der Waals surface area (Å²) in [7, 11) is 1.58. The minimum atomic E-state index is 0.0352. The highest BCUT2D eigenvalue weighted by Gasteiger charge is 2.18. The Hall–Kier alpha value is -0.870. The molecule has 5 heteroatoms. The van der Waals surface area contributed by atoms with Crippen LogP contribution in [0.4, 0.5) is 5.69 Å². The van der Waals surface area contributed by atoms with Gasteiger partial charge in [0, 0.05) is 11.4 Å². The van der Waals surface area contributed by atoms with Gasteiger partial charge in [0.05, 0.1) is 12.8 Å². The van der Waals surface area contributed by atoms with E-state index in [-0.39, 0.29) is 5.91 Å². The molecule has 1 atom stereocenters. The predicted octanol–water partition coefficient (Wildman–Crippen LogP) is 3.82. The number of ether oxygens (including phenoxy) is 1. The number of hydrogen-bond donors (Lipinski definition) is 1. The van der Waals surface area contributed by atoms with Gasteiger partial charge in [0.2, 0.25) is 5.91 Å². The van der Waals surface area contributed by atoms with Crippen LogP contribution in [-0.4, -0.2) is 24.5 Å². The molecular weight excluding hydrogens is 282 g/mol. The van der Waals surface area contributed by atoms with Gasteiger partial charge in [-0.15, -0.1) is 0 Å². The Balaban J connectivity index is 1.95. The second-order valence-corrected chi connectivity index (χ2v) is 6.27. The number of methoxy groups -OCH3 is 1. The highest BCUT2D eigenvalue weighted by atomic mass is 35.5. The number of anilines is 1. The second kappa shape index (κ2) is 7.06. The van der Waals surface area contributed by atoms with Crippen LogP contribution in [0.1, 0.15) is 19.3 Å². The molecule has 0 radical (unpaired) electrons. The van der Waals surface area contributed by atoms with Crippen molar-refractivity contribution in [3.05, 3.63) is 23.2 Å². The summed E-state index contributed by atoms with van der Waals surface area (Å²) in [6.45, 7) is 0. The van der Waals surface area contributed by atoms with Crippen LogP contribution < -0.4 is 10.1 Å². The van der Waals surface area contributed by atoms with Crippen molar-refractivity contribution in [2.45, 2.75) is 19.3 Å². The fourth-order valence-electron chi connectivity index (χ4n) is 2.21. The van der Waals surface area contributed by atoms with Crippen molar-refractivity contribution in [2.75, 3.05) is 23.9 Å². The van der Waals surface area contributed by atoms with E-state index in [9.17, 15) is 4.79 Å². The van der Waals surface area contributed by atoms with Crippen LogP contribution in [0, 0.1) is 5.92 Å². The summed E-state index contributed by atoms with van der Waals surface area (Å²) in [5.41, 5.74) is 0.642. The maximum atomic E-state index is 12.0. The van der Waals surface area contributed by atoms with E-state index in [4.69, 9.17) is 16.3 Å². The topological polar surface area (TPSA) is 38.3 Å². The monoisotopic (exact) mass is 299 g/mol. The Morgan fingerprint density at radius 3 is 3.11 bits per heavy atom. The van der Waals surface area contributed by atoms with Gasteiger partial charge in [-0.2, -0.15) is 11.8 Å². The highest BCUT2D eigenvalue weighted by Crippen LogP contribution is 2.29. The number of nitrogens with one attached hydrogen (secondary N) is 1. The third-order valence-corrected chi connectivity index (χ3v) is 4.68. The minimum absolute atomic E-state index is 0.0352. The molecule has 1 amide bonds. The minimum Gasteiger partial charge on any atom is -0.495 e. The van der Waals surface area contributed by atoms with Crippen LogP contribution in [0.5, 0.6) is 5.75 Å². The Morgan fingerprint density at radius 2 is 2.42 bits per heavy atom. The fourth-order valence-corrected chi connectivity index (χ4v) is 3.54. The van der Waals surface area contributed by atoms with Gasteiger partial charge in [-0.3, -0.25) is 4.79 Å². The normalized spacial score (nSPS) is 18.9. The number of carbonyl (C=O) groups excluding carboxylic acids is 1. The van der Waals surface area contributed by atoms with Crippen LogP contribution in [0.2, 0.25) is 5.02 Å². The molecule has 1 aromatic rings. The van der Waals surface area contributed by atoms with E-state index in [2.05, 4.69) is 5.32 Å². The number of thioether (sulfide) groups is 1. The van der Waals surface area contributed by atoms with Crippen LogP contribution >= 0.6 is 23.4 Å². The Bertz CT molecular complexity index is 447. The molecule has 1 aromatic carbocycles. The molecule has 0 saturated carbocycles. The lowest BCUT2D eigenvalue weighted by molar-refractivity contribution is -0.117. The summed E-state index contributed by atoms with van der Waals surface area (Å²) in [6.07, 6.45) is 2.93. The smallest absolute Gasteiger partial charge is 0.224 e. The average Bonchev–Trinajstić information content (AvgIpc) is 2.40. The molecule has 0 aromatic heterocycles. The van der Waals surface area contributed by atoms with Gasteiger partial charge in [-0.05, 0) is 48.5 Å². The number of amides is 1. The molecule has 104 valence electrons. The van der Waals surface area contributed by atoms with Crippen molar-refractivity contribution in [2.24, 2.45) is 5.92 Å². The molecule has 1 N–H and O–H groups in total.